The van der Waals surface area contributed by atoms with Crippen LogP contribution in [0.1, 0.15) is 18.9 Å². The van der Waals surface area contributed by atoms with Gasteiger partial charge in [0.1, 0.15) is 11.5 Å². The number of rotatable bonds is 8. The number of carbonyl (C=O) groups excluding carboxylic acids is 1. The van der Waals surface area contributed by atoms with Crippen LogP contribution in [0.25, 0.3) is 0 Å². The third-order valence-corrected chi connectivity index (χ3v) is 5.07. The van der Waals surface area contributed by atoms with E-state index in [4.69, 9.17) is 9.47 Å². The largest absolute Gasteiger partial charge is 0.497 e. The van der Waals surface area contributed by atoms with E-state index in [-0.39, 0.29) is 11.2 Å². The van der Waals surface area contributed by atoms with Crippen LogP contribution in [0.3, 0.4) is 0 Å². The van der Waals surface area contributed by atoms with Crippen molar-refractivity contribution < 1.29 is 14.3 Å². The van der Waals surface area contributed by atoms with E-state index in [1.165, 1.54) is 5.56 Å². The van der Waals surface area contributed by atoms with Gasteiger partial charge in [0.25, 0.3) is 0 Å². The molecular formula is C19H23NO3S. The highest BCUT2D eigenvalue weighted by Gasteiger charge is 2.18. The maximum Gasteiger partial charge on any atom is 0.237 e. The fraction of sp³-hybridized carbons (Fsp3) is 0.316. The molecule has 0 aliphatic heterocycles. The van der Waals surface area contributed by atoms with Gasteiger partial charge in [-0.1, -0.05) is 37.3 Å². The van der Waals surface area contributed by atoms with E-state index < -0.39 is 0 Å². The van der Waals surface area contributed by atoms with Crippen LogP contribution in [0, 0.1) is 0 Å². The van der Waals surface area contributed by atoms with Crippen molar-refractivity contribution in [3.8, 4) is 11.5 Å². The third kappa shape index (κ3) is 4.93. The smallest absolute Gasteiger partial charge is 0.237 e. The Balaban J connectivity index is 2.01. The van der Waals surface area contributed by atoms with Gasteiger partial charge in [0.15, 0.2) is 0 Å². The lowest BCUT2D eigenvalue weighted by Gasteiger charge is -2.17. The molecule has 1 unspecified atom stereocenters. The van der Waals surface area contributed by atoms with Gasteiger partial charge in [-0.25, -0.2) is 0 Å². The van der Waals surface area contributed by atoms with E-state index in [1.54, 1.807) is 44.2 Å². The van der Waals surface area contributed by atoms with Crippen LogP contribution >= 0.6 is 11.8 Å². The quantitative estimate of drug-likeness (QED) is 0.772. The standard InChI is InChI=1S/C19H23NO3S/c1-4-18(24-13-14-8-6-5-7-9-14)19(21)20-16-11-10-15(22-2)12-17(16)23-3/h5-12,18H,4,13H2,1-3H3,(H,20,21). The van der Waals surface area contributed by atoms with E-state index in [9.17, 15) is 4.79 Å². The van der Waals surface area contributed by atoms with Crippen LogP contribution in [0.4, 0.5) is 5.69 Å². The number of thioether (sulfide) groups is 1. The first-order chi connectivity index (χ1) is 11.7. The summed E-state index contributed by atoms with van der Waals surface area (Å²) < 4.78 is 10.5. The maximum atomic E-state index is 12.6. The first kappa shape index (κ1) is 18.2. The minimum absolute atomic E-state index is 0.0121. The zero-order chi connectivity index (χ0) is 17.4. The fourth-order valence-electron chi connectivity index (χ4n) is 2.26. The van der Waals surface area contributed by atoms with Gasteiger partial charge in [0.2, 0.25) is 5.91 Å². The number of benzene rings is 2. The number of hydrogen-bond donors (Lipinski definition) is 1. The highest BCUT2D eigenvalue weighted by atomic mass is 32.2. The van der Waals surface area contributed by atoms with E-state index in [1.807, 2.05) is 25.1 Å². The van der Waals surface area contributed by atoms with Crippen LogP contribution < -0.4 is 14.8 Å². The molecule has 0 heterocycles. The summed E-state index contributed by atoms with van der Waals surface area (Å²) in [6.45, 7) is 2.02. The fourth-order valence-corrected chi connectivity index (χ4v) is 3.30. The number of nitrogens with one attached hydrogen (secondary N) is 1. The molecular weight excluding hydrogens is 322 g/mol. The van der Waals surface area contributed by atoms with Crippen LogP contribution in [-0.2, 0) is 10.5 Å². The summed E-state index contributed by atoms with van der Waals surface area (Å²) in [7, 11) is 3.17. The van der Waals surface area contributed by atoms with Gasteiger partial charge in [-0.2, -0.15) is 0 Å². The monoisotopic (exact) mass is 345 g/mol. The predicted octanol–water partition coefficient (Wildman–Crippen LogP) is 4.35. The first-order valence-corrected chi connectivity index (χ1v) is 8.91. The SMILES string of the molecule is CCC(SCc1ccccc1)C(=O)Nc1ccc(OC)cc1OC. The van der Waals surface area contributed by atoms with Gasteiger partial charge < -0.3 is 14.8 Å². The summed E-state index contributed by atoms with van der Waals surface area (Å²) in [6, 6.07) is 15.5. The average Bonchev–Trinajstić information content (AvgIpc) is 2.63. The van der Waals surface area contributed by atoms with Crippen LogP contribution in [0.15, 0.2) is 48.5 Å². The minimum Gasteiger partial charge on any atom is -0.497 e. The molecule has 1 atom stereocenters. The topological polar surface area (TPSA) is 47.6 Å². The molecule has 2 rings (SSSR count). The molecule has 0 spiro atoms. The molecule has 0 aromatic heterocycles. The van der Waals surface area contributed by atoms with Gasteiger partial charge in [0.05, 0.1) is 25.2 Å². The highest BCUT2D eigenvalue weighted by molar-refractivity contribution is 7.99. The highest BCUT2D eigenvalue weighted by Crippen LogP contribution is 2.30. The van der Waals surface area contributed by atoms with Crippen molar-refractivity contribution in [1.29, 1.82) is 0 Å². The minimum atomic E-state index is -0.114. The lowest BCUT2D eigenvalue weighted by molar-refractivity contribution is -0.115. The number of ether oxygens (including phenoxy) is 2. The Labute approximate surface area is 147 Å². The molecule has 0 bridgehead atoms. The van der Waals surface area contributed by atoms with E-state index in [0.29, 0.717) is 17.2 Å². The third-order valence-electron chi connectivity index (χ3n) is 3.62. The Morgan fingerprint density at radius 2 is 1.88 bits per heavy atom. The zero-order valence-corrected chi connectivity index (χ0v) is 15.1. The van der Waals surface area contributed by atoms with Gasteiger partial charge in [-0.15, -0.1) is 11.8 Å². The first-order valence-electron chi connectivity index (χ1n) is 7.86. The molecule has 24 heavy (non-hydrogen) atoms. The molecule has 1 amide bonds. The lowest BCUT2D eigenvalue weighted by Crippen LogP contribution is -2.25. The molecule has 0 radical (unpaired) electrons. The predicted molar refractivity (Wildman–Crippen MR) is 100.0 cm³/mol. The summed E-state index contributed by atoms with van der Waals surface area (Å²) in [5.41, 5.74) is 1.87. The number of anilines is 1. The van der Waals surface area contributed by atoms with Crippen molar-refractivity contribution in [2.75, 3.05) is 19.5 Å². The van der Waals surface area contributed by atoms with Gasteiger partial charge in [0, 0.05) is 11.8 Å². The molecule has 0 fully saturated rings. The molecule has 5 heteroatoms. The summed E-state index contributed by atoms with van der Waals surface area (Å²) in [5.74, 6) is 2.08. The number of hydrogen-bond acceptors (Lipinski definition) is 4. The molecule has 0 aliphatic rings. The summed E-state index contributed by atoms with van der Waals surface area (Å²) in [4.78, 5) is 12.6. The molecule has 2 aromatic carbocycles. The molecule has 0 saturated carbocycles. The number of amides is 1. The van der Waals surface area contributed by atoms with Crippen molar-refractivity contribution in [3.05, 3.63) is 54.1 Å². The second-order valence-electron chi connectivity index (χ2n) is 5.25. The van der Waals surface area contributed by atoms with Crippen LogP contribution in [-0.4, -0.2) is 25.4 Å². The normalized spacial score (nSPS) is 11.6. The van der Waals surface area contributed by atoms with Crippen molar-refractivity contribution in [1.82, 2.24) is 0 Å². The van der Waals surface area contributed by atoms with Crippen molar-refractivity contribution >= 4 is 23.4 Å². The van der Waals surface area contributed by atoms with Crippen LogP contribution in [0.2, 0.25) is 0 Å². The average molecular weight is 345 g/mol. The molecule has 0 saturated heterocycles. The molecule has 2 aromatic rings. The molecule has 0 aliphatic carbocycles. The van der Waals surface area contributed by atoms with E-state index in [2.05, 4.69) is 17.4 Å². The zero-order valence-electron chi connectivity index (χ0n) is 14.2. The van der Waals surface area contributed by atoms with E-state index >= 15 is 0 Å². The Bertz CT molecular complexity index is 661. The maximum absolute atomic E-state index is 12.6. The van der Waals surface area contributed by atoms with Crippen molar-refractivity contribution in [2.45, 2.75) is 24.3 Å². The van der Waals surface area contributed by atoms with Crippen molar-refractivity contribution in [3.63, 3.8) is 0 Å². The number of carbonyl (C=O) groups is 1. The van der Waals surface area contributed by atoms with Crippen molar-refractivity contribution in [2.24, 2.45) is 0 Å². The number of methoxy groups -OCH3 is 2. The Hall–Kier alpha value is -2.14. The van der Waals surface area contributed by atoms with Gasteiger partial charge >= 0.3 is 0 Å². The Morgan fingerprint density at radius 3 is 2.50 bits per heavy atom. The second-order valence-corrected chi connectivity index (χ2v) is 6.44. The molecule has 4 nitrogen and oxygen atoms in total. The summed E-state index contributed by atoms with van der Waals surface area (Å²) >= 11 is 1.65. The Morgan fingerprint density at radius 1 is 1.12 bits per heavy atom. The Kier molecular flexibility index (Phi) is 7.00. The summed E-state index contributed by atoms with van der Waals surface area (Å²) in [6.07, 6.45) is 0.766. The van der Waals surface area contributed by atoms with E-state index in [0.717, 1.165) is 12.2 Å². The second kappa shape index (κ2) is 9.23. The lowest BCUT2D eigenvalue weighted by atomic mass is 10.2. The van der Waals surface area contributed by atoms with Crippen LogP contribution in [0.5, 0.6) is 11.5 Å². The summed E-state index contributed by atoms with van der Waals surface area (Å²) in [5, 5.41) is 2.85. The van der Waals surface area contributed by atoms with Gasteiger partial charge in [-0.05, 0) is 24.1 Å². The van der Waals surface area contributed by atoms with Gasteiger partial charge in [-0.3, -0.25) is 4.79 Å². The molecule has 1 N–H and O–H groups in total. The molecule has 128 valence electrons.